The molecule has 5 heteroatoms. The predicted molar refractivity (Wildman–Crippen MR) is 151 cm³/mol. The summed E-state index contributed by atoms with van der Waals surface area (Å²) in [6.45, 7) is 19.2. The van der Waals surface area contributed by atoms with Crippen LogP contribution < -0.4 is 15.9 Å². The summed E-state index contributed by atoms with van der Waals surface area (Å²) >= 11 is 0. The number of anilines is 1. The molecular formula is C31H39N5. The maximum Gasteiger partial charge on any atom is 0.0902 e. The van der Waals surface area contributed by atoms with E-state index in [4.69, 9.17) is 0 Å². The lowest BCUT2D eigenvalue weighted by Gasteiger charge is -2.32. The number of hydrogen-bond donors (Lipinski definition) is 2. The third-order valence-electron chi connectivity index (χ3n) is 7.64. The van der Waals surface area contributed by atoms with Gasteiger partial charge in [0, 0.05) is 42.2 Å². The molecule has 0 spiro atoms. The van der Waals surface area contributed by atoms with E-state index in [1.807, 2.05) is 6.08 Å². The summed E-state index contributed by atoms with van der Waals surface area (Å²) < 4.78 is 0. The monoisotopic (exact) mass is 481 g/mol. The Morgan fingerprint density at radius 2 is 1.69 bits per heavy atom. The second-order valence-electron chi connectivity index (χ2n) is 10.6. The molecule has 188 valence electrons. The van der Waals surface area contributed by atoms with Gasteiger partial charge in [0.25, 0.3) is 0 Å². The van der Waals surface area contributed by atoms with Crippen LogP contribution in [0.2, 0.25) is 0 Å². The van der Waals surface area contributed by atoms with Gasteiger partial charge in [-0.05, 0) is 74.1 Å². The fraction of sp³-hybridized carbons (Fsp3) is 0.355. The Morgan fingerprint density at radius 3 is 2.36 bits per heavy atom. The minimum Gasteiger partial charge on any atom is -0.355 e. The lowest BCUT2D eigenvalue weighted by molar-refractivity contribution is 0.279. The summed E-state index contributed by atoms with van der Waals surface area (Å²) in [4.78, 5) is 5.16. The Kier molecular flexibility index (Phi) is 6.67. The topological polar surface area (TPSA) is 33.8 Å². The molecule has 2 N–H and O–H groups in total. The molecule has 0 aromatic heterocycles. The second-order valence-corrected chi connectivity index (χ2v) is 10.6. The average molecular weight is 482 g/mol. The van der Waals surface area contributed by atoms with Crippen molar-refractivity contribution in [2.45, 2.75) is 47.6 Å². The van der Waals surface area contributed by atoms with Gasteiger partial charge in [0.2, 0.25) is 0 Å². The van der Waals surface area contributed by atoms with Crippen LogP contribution in [0.25, 0.3) is 11.8 Å². The summed E-state index contributed by atoms with van der Waals surface area (Å²) in [7, 11) is 0. The number of benzene rings is 2. The van der Waals surface area contributed by atoms with Gasteiger partial charge in [0.1, 0.15) is 0 Å². The molecular weight excluding hydrogens is 442 g/mol. The maximum absolute atomic E-state index is 3.85. The van der Waals surface area contributed by atoms with E-state index in [0.29, 0.717) is 5.92 Å². The average Bonchev–Trinajstić information content (AvgIpc) is 3.48. The van der Waals surface area contributed by atoms with Gasteiger partial charge in [0.15, 0.2) is 0 Å². The van der Waals surface area contributed by atoms with Crippen molar-refractivity contribution in [3.63, 3.8) is 0 Å². The van der Waals surface area contributed by atoms with Crippen molar-refractivity contribution in [2.75, 3.05) is 24.7 Å². The highest BCUT2D eigenvalue weighted by Crippen LogP contribution is 2.36. The van der Waals surface area contributed by atoms with Gasteiger partial charge in [-0.25, -0.2) is 0 Å². The molecule has 0 unspecified atom stereocenters. The van der Waals surface area contributed by atoms with E-state index in [0.717, 1.165) is 37.6 Å². The Bertz CT molecular complexity index is 1230. The van der Waals surface area contributed by atoms with Crippen LogP contribution in [-0.2, 0) is 6.54 Å². The summed E-state index contributed by atoms with van der Waals surface area (Å²) in [5.41, 5.74) is 19.7. The first-order valence-corrected chi connectivity index (χ1v) is 13.0. The van der Waals surface area contributed by atoms with E-state index in [9.17, 15) is 0 Å². The molecule has 2 heterocycles. The second kappa shape index (κ2) is 9.90. The fourth-order valence-corrected chi connectivity index (χ4v) is 6.22. The first-order chi connectivity index (χ1) is 17.3. The summed E-state index contributed by atoms with van der Waals surface area (Å²) in [5.74, 6) is 0.591. The number of nitrogens with one attached hydrogen (secondary N) is 2. The molecule has 36 heavy (non-hydrogen) atoms. The Balaban J connectivity index is 1.34. The van der Waals surface area contributed by atoms with Gasteiger partial charge >= 0.3 is 0 Å². The molecule has 1 atom stereocenters. The van der Waals surface area contributed by atoms with Crippen molar-refractivity contribution in [1.82, 2.24) is 20.9 Å². The van der Waals surface area contributed by atoms with E-state index < -0.39 is 0 Å². The van der Waals surface area contributed by atoms with Crippen LogP contribution >= 0.6 is 0 Å². The largest absolute Gasteiger partial charge is 0.355 e. The van der Waals surface area contributed by atoms with E-state index in [1.165, 1.54) is 51.2 Å². The van der Waals surface area contributed by atoms with Crippen LogP contribution in [0, 0.1) is 19.8 Å². The van der Waals surface area contributed by atoms with Crippen LogP contribution in [0.1, 0.15) is 55.0 Å². The highest BCUT2D eigenvalue weighted by Gasteiger charge is 2.29. The van der Waals surface area contributed by atoms with E-state index in [1.54, 1.807) is 0 Å². The zero-order valence-electron chi connectivity index (χ0n) is 22.4. The summed E-state index contributed by atoms with van der Waals surface area (Å²) in [6.07, 6.45) is 7.48. The number of hydrogen-bond acceptors (Lipinski definition) is 5. The van der Waals surface area contributed by atoms with Gasteiger partial charge in [-0.1, -0.05) is 55.5 Å². The highest BCUT2D eigenvalue weighted by molar-refractivity contribution is 5.71. The number of allylic oxidation sites excluding steroid dienone is 4. The van der Waals surface area contributed by atoms with Gasteiger partial charge in [0.05, 0.1) is 18.9 Å². The molecule has 1 aliphatic carbocycles. The number of aryl methyl sites for hydroxylation is 2. The first-order valence-electron chi connectivity index (χ1n) is 13.0. The minimum atomic E-state index is 0.591. The molecule has 1 fully saturated rings. The fourth-order valence-electron chi connectivity index (χ4n) is 6.22. The van der Waals surface area contributed by atoms with E-state index >= 15 is 0 Å². The lowest BCUT2D eigenvalue weighted by Crippen LogP contribution is -2.36. The normalized spacial score (nSPS) is 20.0. The number of nitrogens with zero attached hydrogens (tertiary/aromatic N) is 3. The van der Waals surface area contributed by atoms with Gasteiger partial charge in [-0.3, -0.25) is 5.01 Å². The van der Waals surface area contributed by atoms with Gasteiger partial charge in [-0.15, -0.1) is 5.53 Å². The molecule has 0 saturated carbocycles. The number of rotatable bonds is 6. The Labute approximate surface area is 216 Å². The lowest BCUT2D eigenvalue weighted by atomic mass is 9.89. The SMILES string of the molecule is C=Cc1ccc(CN2NNC=C2c2cc(C)c(N3CCN(C4=C(C)C=C(C)C[C@@H]4C)C3)c(C)c2)cc1. The molecule has 2 aromatic rings. The van der Waals surface area contributed by atoms with Crippen molar-refractivity contribution in [3.05, 3.63) is 99.9 Å². The smallest absolute Gasteiger partial charge is 0.0902 e. The Morgan fingerprint density at radius 1 is 1.00 bits per heavy atom. The molecule has 3 aliphatic rings. The predicted octanol–water partition coefficient (Wildman–Crippen LogP) is 6.11. The maximum atomic E-state index is 3.85. The van der Waals surface area contributed by atoms with Crippen LogP contribution in [0.15, 0.2) is 72.1 Å². The van der Waals surface area contributed by atoms with Crippen molar-refractivity contribution in [1.29, 1.82) is 0 Å². The third-order valence-corrected chi connectivity index (χ3v) is 7.64. The summed E-state index contributed by atoms with van der Waals surface area (Å²) in [5, 5.41) is 2.17. The zero-order valence-corrected chi connectivity index (χ0v) is 22.4. The van der Waals surface area contributed by atoms with Crippen molar-refractivity contribution < 1.29 is 0 Å². The number of hydrazine groups is 2. The van der Waals surface area contributed by atoms with Crippen LogP contribution in [0.5, 0.6) is 0 Å². The zero-order chi connectivity index (χ0) is 25.4. The van der Waals surface area contributed by atoms with Crippen molar-refractivity contribution in [3.8, 4) is 0 Å². The van der Waals surface area contributed by atoms with Gasteiger partial charge < -0.3 is 15.2 Å². The highest BCUT2D eigenvalue weighted by atomic mass is 15.7. The first kappa shape index (κ1) is 24.3. The van der Waals surface area contributed by atoms with Crippen LogP contribution in [-0.4, -0.2) is 29.7 Å². The third kappa shape index (κ3) is 4.68. The molecule has 1 saturated heterocycles. The minimum absolute atomic E-state index is 0.591. The van der Waals surface area contributed by atoms with E-state index in [-0.39, 0.29) is 0 Å². The van der Waals surface area contributed by atoms with Crippen LogP contribution in [0.4, 0.5) is 5.69 Å². The molecule has 0 bridgehead atoms. The van der Waals surface area contributed by atoms with Gasteiger partial charge in [-0.2, -0.15) is 0 Å². The molecule has 0 amide bonds. The quantitative estimate of drug-likeness (QED) is 0.520. The van der Waals surface area contributed by atoms with Crippen molar-refractivity contribution in [2.24, 2.45) is 5.92 Å². The molecule has 5 nitrogen and oxygen atoms in total. The summed E-state index contributed by atoms with van der Waals surface area (Å²) in [6, 6.07) is 13.2. The van der Waals surface area contributed by atoms with E-state index in [2.05, 4.69) is 116 Å². The van der Waals surface area contributed by atoms with Crippen molar-refractivity contribution >= 4 is 17.5 Å². The molecule has 0 radical (unpaired) electrons. The molecule has 2 aromatic carbocycles. The molecule has 2 aliphatic heterocycles. The Hall–Kier alpha value is -3.44. The van der Waals surface area contributed by atoms with Crippen LogP contribution in [0.3, 0.4) is 0 Å². The molecule has 5 rings (SSSR count). The standard InChI is InChI=1S/C31H39N5/c1-7-26-8-10-27(11-9-26)19-36-29(18-32-33-36)28-16-24(5)31(25(6)17-28)35-13-12-34(20-35)30-22(3)14-21(2)15-23(30)4/h7-11,14,16-18,23,32-33H,1,12-13,15,19-20H2,2-6H3/t23-/m0/s1.